The Hall–Kier alpha value is -8.83. The number of carbonyl (C=O) groups excluding carboxylic acids is 16. The minimum atomic E-state index is -5.46. The van der Waals surface area contributed by atoms with Gasteiger partial charge in [-0.1, -0.05) is 48.0 Å². The molecule has 109 heavy (non-hydrogen) atoms. The van der Waals surface area contributed by atoms with Gasteiger partial charge < -0.3 is 115 Å². The lowest BCUT2D eigenvalue weighted by atomic mass is 9.99. The molecule has 0 aromatic rings. The maximum atomic E-state index is 14.8. The van der Waals surface area contributed by atoms with E-state index in [1.807, 2.05) is 0 Å². The van der Waals surface area contributed by atoms with Crippen molar-refractivity contribution < 1.29 is 116 Å². The first-order valence-corrected chi connectivity index (χ1v) is 39.1. The van der Waals surface area contributed by atoms with Crippen molar-refractivity contribution >= 4 is 120 Å². The van der Waals surface area contributed by atoms with Crippen molar-refractivity contribution in [2.45, 2.75) is 241 Å². The van der Waals surface area contributed by atoms with Gasteiger partial charge in [-0.2, -0.15) is 11.8 Å². The first-order chi connectivity index (χ1) is 51.2. The van der Waals surface area contributed by atoms with Crippen LogP contribution in [0.4, 0.5) is 4.79 Å². The fourth-order valence-electron chi connectivity index (χ4n) is 13.4. The number of aliphatic hydroxyl groups is 2. The van der Waals surface area contributed by atoms with Crippen LogP contribution in [0.3, 0.4) is 0 Å². The third kappa shape index (κ3) is 28.2. The molecule has 5 heterocycles. The number of nitrogens with one attached hydrogen (secondary N) is 12. The summed E-state index contributed by atoms with van der Waals surface area (Å²) in [7, 11) is -5.46. The van der Waals surface area contributed by atoms with E-state index in [0.717, 1.165) is 28.9 Å². The van der Waals surface area contributed by atoms with Crippen LogP contribution in [0.2, 0.25) is 0 Å². The zero-order valence-corrected chi connectivity index (χ0v) is 63.9. The number of fused-ring (bicyclic) bond motifs is 1. The van der Waals surface area contributed by atoms with E-state index in [0.29, 0.717) is 19.3 Å². The molecule has 0 aliphatic carbocycles. The molecule has 5 rings (SSSR count). The minimum absolute atomic E-state index is 0.00659. The van der Waals surface area contributed by atoms with Crippen molar-refractivity contribution in [2.24, 2.45) is 29.2 Å². The normalized spacial score (nSPS) is 21.3. The van der Waals surface area contributed by atoms with Crippen LogP contribution in [0.1, 0.15) is 151 Å². The lowest BCUT2D eigenvalue weighted by molar-refractivity contribution is -0.146. The number of carbonyl (C=O) groups is 17. The van der Waals surface area contributed by atoms with Crippen LogP contribution in [0.25, 0.3) is 0 Å². The van der Waals surface area contributed by atoms with Crippen molar-refractivity contribution in [3.8, 4) is 0 Å². The van der Waals surface area contributed by atoms with Gasteiger partial charge in [0.1, 0.15) is 66.5 Å². The Labute approximate surface area is 633 Å². The van der Waals surface area contributed by atoms with Crippen molar-refractivity contribution in [2.75, 3.05) is 51.7 Å². The molecule has 612 valence electrons. The molecule has 0 bridgehead atoms. The van der Waals surface area contributed by atoms with Gasteiger partial charge in [-0.15, -0.1) is 0 Å². The Kier molecular flexibility index (Phi) is 35.8. The third-order valence-corrected chi connectivity index (χ3v) is 21.1. The summed E-state index contributed by atoms with van der Waals surface area (Å²) < 4.78 is 17.2. The van der Waals surface area contributed by atoms with Crippen molar-refractivity contribution in [1.29, 1.82) is 0 Å². The number of urea groups is 1. The smallest absolute Gasteiger partial charge is 0.469 e. The van der Waals surface area contributed by atoms with Crippen LogP contribution >= 0.6 is 19.6 Å². The Morgan fingerprint density at radius 1 is 0.541 bits per heavy atom. The van der Waals surface area contributed by atoms with Gasteiger partial charge in [-0.05, 0) is 102 Å². The fraction of sp³-hybridized carbons (Fsp3) is 0.742. The molecule has 43 heteroatoms. The number of likely N-dealkylation sites (tertiary alicyclic amines) is 3. The average molecular weight is 1590 g/mol. The number of primary amides is 2. The summed E-state index contributed by atoms with van der Waals surface area (Å²) in [5, 5.41) is 59.9. The maximum Gasteiger partial charge on any atom is 0.469 e. The number of amides is 17. The predicted octanol–water partition coefficient (Wildman–Crippen LogP) is -6.36. The largest absolute Gasteiger partial charge is 0.481 e. The van der Waals surface area contributed by atoms with Gasteiger partial charge in [-0.25, -0.2) is 9.36 Å². The number of rotatable bonds is 44. The van der Waals surface area contributed by atoms with E-state index < -0.39 is 233 Å². The second kappa shape index (κ2) is 43.0. The molecule has 5 aliphatic rings. The number of phosphoric acid groups is 1. The number of nitrogens with zero attached hydrogens (tertiary/aromatic N) is 3. The molecule has 41 nitrogen and oxygen atoms in total. The van der Waals surface area contributed by atoms with Crippen LogP contribution in [0, 0.1) is 17.8 Å². The van der Waals surface area contributed by atoms with E-state index in [1.165, 1.54) is 18.7 Å². The summed E-state index contributed by atoms with van der Waals surface area (Å²) in [5.74, 6) is -15.8. The zero-order valence-electron chi connectivity index (χ0n) is 62.2. The number of aliphatic carboxylic acids is 1. The molecule has 21 N–H and O–H groups in total. The van der Waals surface area contributed by atoms with Gasteiger partial charge in [0, 0.05) is 49.9 Å². The van der Waals surface area contributed by atoms with Crippen LogP contribution in [0.15, 0.2) is 0 Å². The van der Waals surface area contributed by atoms with E-state index in [9.17, 15) is 111 Å². The molecular weight excluding hydrogens is 1480 g/mol. The number of thioether (sulfide) groups is 1. The highest BCUT2D eigenvalue weighted by Crippen LogP contribution is 2.39. The summed E-state index contributed by atoms with van der Waals surface area (Å²) in [6.07, 6.45) is -1.42. The fourth-order valence-corrected chi connectivity index (χ4v) is 15.5. The molecule has 0 saturated carbocycles. The Bertz CT molecular complexity index is 3370. The molecule has 5 aliphatic heterocycles. The van der Waals surface area contributed by atoms with Gasteiger partial charge in [0.25, 0.3) is 0 Å². The first kappa shape index (κ1) is 90.8. The highest BCUT2D eigenvalue weighted by molar-refractivity contribution is 8.00. The summed E-state index contributed by atoms with van der Waals surface area (Å²) >= 11 is 1.74. The maximum absolute atomic E-state index is 14.8. The van der Waals surface area contributed by atoms with Gasteiger partial charge >= 0.3 is 19.8 Å². The van der Waals surface area contributed by atoms with Crippen molar-refractivity contribution in [1.82, 2.24) is 78.5 Å². The van der Waals surface area contributed by atoms with Gasteiger partial charge in [0.05, 0.1) is 44.5 Å². The van der Waals surface area contributed by atoms with Crippen LogP contribution in [-0.2, 0) is 85.8 Å². The highest BCUT2D eigenvalue weighted by Gasteiger charge is 2.48. The van der Waals surface area contributed by atoms with Crippen LogP contribution in [0.5, 0.6) is 0 Å². The molecule has 0 unspecified atom stereocenters. The van der Waals surface area contributed by atoms with Crippen molar-refractivity contribution in [3.63, 3.8) is 0 Å². The number of nitrogens with two attached hydrogens (primary N) is 2. The third-order valence-electron chi connectivity index (χ3n) is 19.0. The second-order valence-electron chi connectivity index (χ2n) is 28.9. The number of hydrogen-bond acceptors (Lipinski definition) is 22. The molecule has 5 saturated heterocycles. The second-order valence-corrected chi connectivity index (χ2v) is 31.4. The quantitative estimate of drug-likeness (QED) is 0.0153. The van der Waals surface area contributed by atoms with E-state index >= 15 is 0 Å². The Balaban J connectivity index is 1.23. The van der Waals surface area contributed by atoms with Gasteiger partial charge in [0.2, 0.25) is 88.6 Å². The van der Waals surface area contributed by atoms with Gasteiger partial charge in [0.15, 0.2) is 0 Å². The van der Waals surface area contributed by atoms with Crippen LogP contribution in [-0.4, -0.2) is 282 Å². The lowest BCUT2D eigenvalue weighted by Crippen LogP contribution is -2.62. The molecule has 0 aromatic carbocycles. The monoisotopic (exact) mass is 1590 g/mol. The molecule has 17 amide bonds. The molecule has 0 spiro atoms. The van der Waals surface area contributed by atoms with Gasteiger partial charge in [-0.3, -0.25) is 81.2 Å². The van der Waals surface area contributed by atoms with E-state index in [2.05, 4.69) is 63.8 Å². The number of phosphoric ester groups is 1. The number of carboxylic acids is 1. The van der Waals surface area contributed by atoms with E-state index in [4.69, 9.17) is 16.0 Å². The molecule has 0 radical (unpaired) electrons. The number of hydrogen-bond donors (Lipinski definition) is 19. The molecule has 5 fully saturated rings. The average Bonchev–Trinajstić information content (AvgIpc) is 1.74. The standard InChI is InChI=1S/C66H108N17O24PS/c1-32(2)25-38(73-56(93)36(19-21-51(90)91)71-50(89)28-70-49(88)27-69-48(87)17-9-8-16-46-54-42(31-109-46)77-66(103)80-54)58(95)72-37(18-20-47(67)86)57(94)78-52(34(5)6)64(101)82-23-12-15-45(82)62(99)79-53(35(7)107-108(104,105)106)65(102)83-24-11-14-44(83)61(98)76-41(30-85)59(96)74-39(26-33(3)4)63(100)81-22-10-13-43(81)60(97)75-40(29-84)55(68)92/h32-46,52-54,84-85H,8-31H2,1-7H3,(H2,67,86)(H2,68,92)(H,69,87)(H,70,88)(H,71,89)(H,72,95)(H,73,93)(H,74,96)(H,75,97)(H,76,98)(H,78,94)(H,79,99)(H,90,91)(H2,77,80,103)(H2,104,105,106)/t35-,36+,37+,38+,39+,40+,41+,42+,43+,44+,45+,46+,52+,53+,54+/m1/s1. The molecule has 0 aromatic heterocycles. The SMILES string of the molecule is CC(C)C[C@H](NC(=O)[C@H](CCC(=O)O)NC(=O)CNC(=O)CNC(=O)CCCC[C@@H]1SC[C@@H]2NC(=O)N[C@@H]21)C(=O)N[C@@H](CCC(N)=O)C(=O)N[C@H](C(=O)N1CCC[C@H]1C(=O)N[C@H](C(=O)N1CCC[C@H]1C(=O)N[C@@H](CO)C(=O)N[C@@H](CC(C)C)C(=O)N1CCC[C@H]1C(=O)N[C@@H](CO)C(N)=O)[C@@H](C)OP(=O)(O)O)C(C)C. The number of unbranched alkanes of at least 4 members (excludes halogenated alkanes) is 1. The zero-order chi connectivity index (χ0) is 81.3. The van der Waals surface area contributed by atoms with Crippen molar-refractivity contribution in [3.05, 3.63) is 0 Å². The van der Waals surface area contributed by atoms with E-state index in [1.54, 1.807) is 39.5 Å². The topological polar surface area (TPSA) is 624 Å². The number of aliphatic hydroxyl groups excluding tert-OH is 2. The minimum Gasteiger partial charge on any atom is -0.481 e. The van der Waals surface area contributed by atoms with E-state index in [-0.39, 0.29) is 106 Å². The van der Waals surface area contributed by atoms with Crippen LogP contribution < -0.4 is 75.3 Å². The summed E-state index contributed by atoms with van der Waals surface area (Å²) in [6.45, 7) is 7.57. The summed E-state index contributed by atoms with van der Waals surface area (Å²) in [5.41, 5.74) is 10.8. The molecule has 15 atom stereocenters. The summed E-state index contributed by atoms with van der Waals surface area (Å²) in [4.78, 5) is 251. The number of carboxylic acid groups (broad SMARTS) is 1. The lowest BCUT2D eigenvalue weighted by Gasteiger charge is -2.34. The highest BCUT2D eigenvalue weighted by atomic mass is 32.2. The Morgan fingerprint density at radius 3 is 1.54 bits per heavy atom. The Morgan fingerprint density at radius 2 is 1.01 bits per heavy atom. The predicted molar refractivity (Wildman–Crippen MR) is 385 cm³/mol. The first-order valence-electron chi connectivity index (χ1n) is 36.5. The summed E-state index contributed by atoms with van der Waals surface area (Å²) in [6, 6.07) is -17.0. The molecular formula is C66H108N17O24PS.